The lowest BCUT2D eigenvalue weighted by atomic mass is 10.0. The lowest BCUT2D eigenvalue weighted by Gasteiger charge is -2.27. The van der Waals surface area contributed by atoms with Gasteiger partial charge in [0.05, 0.1) is 12.6 Å². The van der Waals surface area contributed by atoms with E-state index in [1.165, 1.54) is 4.90 Å². The van der Waals surface area contributed by atoms with Crippen molar-refractivity contribution in [1.82, 2.24) is 10.2 Å². The predicted octanol–water partition coefficient (Wildman–Crippen LogP) is -0.994. The van der Waals surface area contributed by atoms with Gasteiger partial charge in [0.2, 0.25) is 5.91 Å². The summed E-state index contributed by atoms with van der Waals surface area (Å²) < 4.78 is 0. The van der Waals surface area contributed by atoms with Gasteiger partial charge in [-0.05, 0) is 7.05 Å². The molecule has 4 nitrogen and oxygen atoms in total. The van der Waals surface area contributed by atoms with Crippen molar-refractivity contribution in [2.24, 2.45) is 0 Å². The quantitative estimate of drug-likeness (QED) is 0.530. The van der Waals surface area contributed by atoms with Gasteiger partial charge < -0.3 is 10.2 Å². The molecular weight excluding hydrogens is 144 g/mol. The molecule has 1 N–H and O–H groups in total. The highest BCUT2D eigenvalue weighted by molar-refractivity contribution is 5.96. The van der Waals surface area contributed by atoms with Crippen molar-refractivity contribution in [3.63, 3.8) is 0 Å². The number of Topliss-reactive ketones (excluding diaryl/α,β-unsaturated/α-hetero) is 1. The Labute approximate surface area is 65.6 Å². The van der Waals surface area contributed by atoms with Crippen molar-refractivity contribution in [3.8, 4) is 0 Å². The number of likely N-dealkylation sites (N-methyl/N-ethyl adjacent to an activating group) is 2. The van der Waals surface area contributed by atoms with Crippen molar-refractivity contribution >= 4 is 11.7 Å². The summed E-state index contributed by atoms with van der Waals surface area (Å²) in [5.74, 6) is 0.124. The van der Waals surface area contributed by atoms with E-state index in [2.05, 4.69) is 5.32 Å². The lowest BCUT2D eigenvalue weighted by Crippen LogP contribution is -2.51. The number of likely N-dealkylation sites (tertiary alicyclic amines) is 1. The number of rotatable bonds is 1. The monoisotopic (exact) mass is 156 g/mol. The highest BCUT2D eigenvalue weighted by atomic mass is 16.2. The third-order valence-electron chi connectivity index (χ3n) is 1.87. The molecule has 1 atom stereocenters. The Bertz CT molecular complexity index is 191. The minimum atomic E-state index is -0.304. The Morgan fingerprint density at radius 1 is 1.55 bits per heavy atom. The third-order valence-corrected chi connectivity index (χ3v) is 1.87. The molecule has 0 aromatic carbocycles. The number of piperidine rings is 1. The molecule has 62 valence electrons. The first kappa shape index (κ1) is 8.20. The number of carbonyl (C=O) groups excluding carboxylic acids is 2. The summed E-state index contributed by atoms with van der Waals surface area (Å²) in [7, 11) is 3.33. The number of carbonyl (C=O) groups is 2. The molecule has 1 saturated heterocycles. The first-order valence-electron chi connectivity index (χ1n) is 3.59. The number of ketones is 1. The highest BCUT2D eigenvalue weighted by Crippen LogP contribution is 2.05. The van der Waals surface area contributed by atoms with Gasteiger partial charge in [0.15, 0.2) is 5.78 Å². The van der Waals surface area contributed by atoms with Crippen LogP contribution in [-0.4, -0.2) is 43.3 Å². The first-order valence-corrected chi connectivity index (χ1v) is 3.59. The van der Waals surface area contributed by atoms with Crippen LogP contribution in [0.25, 0.3) is 0 Å². The van der Waals surface area contributed by atoms with E-state index < -0.39 is 0 Å². The van der Waals surface area contributed by atoms with Crippen LogP contribution in [0, 0.1) is 0 Å². The van der Waals surface area contributed by atoms with E-state index >= 15 is 0 Å². The molecule has 0 radical (unpaired) electrons. The first-order chi connectivity index (χ1) is 5.15. The highest BCUT2D eigenvalue weighted by Gasteiger charge is 2.29. The van der Waals surface area contributed by atoms with Crippen molar-refractivity contribution in [3.05, 3.63) is 0 Å². The number of hydrogen-bond donors (Lipinski definition) is 1. The van der Waals surface area contributed by atoms with E-state index in [9.17, 15) is 9.59 Å². The van der Waals surface area contributed by atoms with Crippen molar-refractivity contribution in [2.45, 2.75) is 12.5 Å². The summed E-state index contributed by atoms with van der Waals surface area (Å²) in [6.45, 7) is 0.261. The average Bonchev–Trinajstić information content (AvgIpc) is 1.96. The molecule has 0 aliphatic carbocycles. The standard InChI is InChI=1S/C7H12N2O2/c1-8-6-3-5(10)4-9(2)7(6)11/h6,8H,3-4H2,1-2H3. The molecule has 1 rings (SSSR count). The SMILES string of the molecule is CNC1CC(=O)CN(C)C1=O. The van der Waals surface area contributed by atoms with Gasteiger partial charge in [-0.2, -0.15) is 0 Å². The fourth-order valence-corrected chi connectivity index (χ4v) is 1.21. The maximum atomic E-state index is 11.2. The van der Waals surface area contributed by atoms with Gasteiger partial charge in [-0.25, -0.2) is 0 Å². The fraction of sp³-hybridized carbons (Fsp3) is 0.714. The molecule has 1 amide bonds. The molecule has 0 spiro atoms. The zero-order chi connectivity index (χ0) is 8.43. The Morgan fingerprint density at radius 3 is 2.73 bits per heavy atom. The van der Waals surface area contributed by atoms with Gasteiger partial charge in [0.1, 0.15) is 0 Å². The smallest absolute Gasteiger partial charge is 0.240 e. The topological polar surface area (TPSA) is 49.4 Å². The van der Waals surface area contributed by atoms with E-state index in [0.29, 0.717) is 6.42 Å². The van der Waals surface area contributed by atoms with Gasteiger partial charge >= 0.3 is 0 Å². The second-order valence-electron chi connectivity index (χ2n) is 2.78. The minimum absolute atomic E-state index is 0.00657. The van der Waals surface area contributed by atoms with Crippen LogP contribution in [-0.2, 0) is 9.59 Å². The molecule has 0 bridgehead atoms. The van der Waals surface area contributed by atoms with Crippen LogP contribution in [0.3, 0.4) is 0 Å². The average molecular weight is 156 g/mol. The van der Waals surface area contributed by atoms with Crippen LogP contribution in [0.4, 0.5) is 0 Å². The van der Waals surface area contributed by atoms with Crippen LogP contribution in [0.15, 0.2) is 0 Å². The van der Waals surface area contributed by atoms with Gasteiger partial charge in [-0.15, -0.1) is 0 Å². The second kappa shape index (κ2) is 3.00. The second-order valence-corrected chi connectivity index (χ2v) is 2.78. The van der Waals surface area contributed by atoms with Gasteiger partial charge in [-0.1, -0.05) is 0 Å². The molecule has 1 heterocycles. The van der Waals surface area contributed by atoms with Crippen LogP contribution < -0.4 is 5.32 Å². The maximum absolute atomic E-state index is 11.2. The summed E-state index contributed by atoms with van der Waals surface area (Å²) in [5.41, 5.74) is 0. The molecule has 4 heteroatoms. The van der Waals surface area contributed by atoms with E-state index in [4.69, 9.17) is 0 Å². The van der Waals surface area contributed by atoms with Crippen LogP contribution in [0.2, 0.25) is 0 Å². The Hall–Kier alpha value is -0.900. The normalized spacial score (nSPS) is 26.0. The Morgan fingerprint density at radius 2 is 2.18 bits per heavy atom. The number of nitrogens with zero attached hydrogens (tertiary/aromatic N) is 1. The Balaban J connectivity index is 2.66. The molecule has 1 aliphatic heterocycles. The summed E-state index contributed by atoms with van der Waals surface area (Å²) in [6, 6.07) is -0.304. The maximum Gasteiger partial charge on any atom is 0.240 e. The largest absolute Gasteiger partial charge is 0.337 e. The number of amides is 1. The van der Waals surface area contributed by atoms with Crippen molar-refractivity contribution in [2.75, 3.05) is 20.6 Å². The summed E-state index contributed by atoms with van der Waals surface area (Å²) in [5, 5.41) is 2.80. The molecule has 0 aromatic heterocycles. The fourth-order valence-electron chi connectivity index (χ4n) is 1.21. The zero-order valence-corrected chi connectivity index (χ0v) is 6.76. The van der Waals surface area contributed by atoms with E-state index in [-0.39, 0.29) is 24.3 Å². The zero-order valence-electron chi connectivity index (χ0n) is 6.76. The lowest BCUT2D eigenvalue weighted by molar-refractivity contribution is -0.141. The van der Waals surface area contributed by atoms with Crippen LogP contribution >= 0.6 is 0 Å². The minimum Gasteiger partial charge on any atom is -0.337 e. The van der Waals surface area contributed by atoms with E-state index in [0.717, 1.165) is 0 Å². The van der Waals surface area contributed by atoms with Crippen molar-refractivity contribution in [1.29, 1.82) is 0 Å². The number of hydrogen-bond acceptors (Lipinski definition) is 3. The predicted molar refractivity (Wildman–Crippen MR) is 40.1 cm³/mol. The molecular formula is C7H12N2O2. The summed E-state index contributed by atoms with van der Waals surface area (Å²) in [4.78, 5) is 23.6. The third kappa shape index (κ3) is 1.57. The van der Waals surface area contributed by atoms with Gasteiger partial charge in [0, 0.05) is 13.5 Å². The molecule has 1 aliphatic rings. The van der Waals surface area contributed by atoms with Gasteiger partial charge in [0.25, 0.3) is 0 Å². The summed E-state index contributed by atoms with van der Waals surface area (Å²) in [6.07, 6.45) is 0.333. The van der Waals surface area contributed by atoms with Crippen LogP contribution in [0.1, 0.15) is 6.42 Å². The van der Waals surface area contributed by atoms with Crippen LogP contribution in [0.5, 0.6) is 0 Å². The molecule has 1 unspecified atom stereocenters. The van der Waals surface area contributed by atoms with Crippen molar-refractivity contribution < 1.29 is 9.59 Å². The molecule has 1 fully saturated rings. The Kier molecular flexibility index (Phi) is 2.24. The van der Waals surface area contributed by atoms with E-state index in [1.54, 1.807) is 14.1 Å². The molecule has 0 saturated carbocycles. The number of nitrogens with one attached hydrogen (secondary N) is 1. The summed E-state index contributed by atoms with van der Waals surface area (Å²) >= 11 is 0. The molecule has 0 aromatic rings. The molecule has 11 heavy (non-hydrogen) atoms. The van der Waals surface area contributed by atoms with E-state index in [1.807, 2.05) is 0 Å². The van der Waals surface area contributed by atoms with Gasteiger partial charge in [-0.3, -0.25) is 9.59 Å².